The number of carbonyl (C=O) groups excluding carboxylic acids is 1. The van der Waals surface area contributed by atoms with Crippen LogP contribution in [0.4, 0.5) is 4.79 Å². The summed E-state index contributed by atoms with van der Waals surface area (Å²) in [6.07, 6.45) is -0.304. The second-order valence-electron chi connectivity index (χ2n) is 6.58. The predicted octanol–water partition coefficient (Wildman–Crippen LogP) is 1.66. The number of carbonyl (C=O) groups is 1. The van der Waals surface area contributed by atoms with E-state index in [1.807, 2.05) is 41.5 Å². The lowest BCUT2D eigenvalue weighted by molar-refractivity contribution is 0.00736. The Morgan fingerprint density at radius 2 is 1.78 bits per heavy atom. The highest BCUT2D eigenvalue weighted by Gasteiger charge is 2.38. The average Bonchev–Trinajstić information content (AvgIpc) is 2.04. The van der Waals surface area contributed by atoms with Gasteiger partial charge in [0.1, 0.15) is 10.3 Å². The van der Waals surface area contributed by atoms with Crippen molar-refractivity contribution in [1.29, 1.82) is 0 Å². The molecule has 0 aromatic rings. The molecule has 1 unspecified atom stereocenters. The summed E-state index contributed by atoms with van der Waals surface area (Å²) >= 11 is -1.09. The van der Waals surface area contributed by atoms with E-state index in [9.17, 15) is 9.35 Å². The van der Waals surface area contributed by atoms with Crippen molar-refractivity contribution in [1.82, 2.24) is 9.62 Å². The van der Waals surface area contributed by atoms with Gasteiger partial charge >= 0.3 is 6.09 Å². The second-order valence-corrected chi connectivity index (χ2v) is 8.58. The van der Waals surface area contributed by atoms with Crippen LogP contribution in [-0.4, -0.2) is 45.0 Å². The molecule has 0 aliphatic carbocycles. The first kappa shape index (κ1) is 15.6. The van der Waals surface area contributed by atoms with Gasteiger partial charge in [-0.1, -0.05) is 0 Å². The van der Waals surface area contributed by atoms with Gasteiger partial charge in [0.05, 0.1) is 6.04 Å². The third-order valence-electron chi connectivity index (χ3n) is 2.36. The fraction of sp³-hybridized carbons (Fsp3) is 0.917. The lowest BCUT2D eigenvalue weighted by Crippen LogP contribution is -2.63. The molecule has 0 aromatic heterocycles. The maximum atomic E-state index is 11.8. The highest BCUT2D eigenvalue weighted by molar-refractivity contribution is 7.90. The molecule has 1 aliphatic heterocycles. The first-order valence-electron chi connectivity index (χ1n) is 6.15. The van der Waals surface area contributed by atoms with E-state index in [-0.39, 0.29) is 16.9 Å². The number of ether oxygens (including phenoxy) is 1. The van der Waals surface area contributed by atoms with Gasteiger partial charge in [-0.15, -0.1) is 4.72 Å². The number of likely N-dealkylation sites (tertiary alicyclic amines) is 1. The van der Waals surface area contributed by atoms with E-state index in [0.29, 0.717) is 13.1 Å². The monoisotopic (exact) mass is 276 g/mol. The highest BCUT2D eigenvalue weighted by Crippen LogP contribution is 2.19. The Labute approximate surface area is 113 Å². The number of hydrogen-bond acceptors (Lipinski definition) is 4. The largest absolute Gasteiger partial charge is 0.598 e. The van der Waals surface area contributed by atoms with E-state index >= 15 is 0 Å². The molecule has 1 rings (SSSR count). The van der Waals surface area contributed by atoms with Crippen LogP contribution in [0.25, 0.3) is 0 Å². The van der Waals surface area contributed by atoms with Gasteiger partial charge in [0.15, 0.2) is 0 Å². The van der Waals surface area contributed by atoms with Gasteiger partial charge in [-0.05, 0) is 41.5 Å². The average molecular weight is 276 g/mol. The minimum atomic E-state index is -1.09. The zero-order chi connectivity index (χ0) is 14.1. The Morgan fingerprint density at radius 3 is 2.17 bits per heavy atom. The maximum Gasteiger partial charge on any atom is 0.410 e. The molecular weight excluding hydrogens is 252 g/mol. The van der Waals surface area contributed by atoms with Crippen LogP contribution < -0.4 is 4.72 Å². The van der Waals surface area contributed by atoms with Crippen LogP contribution in [0.3, 0.4) is 0 Å². The topological polar surface area (TPSA) is 64.6 Å². The number of rotatable bonds is 2. The van der Waals surface area contributed by atoms with Crippen LogP contribution in [0.1, 0.15) is 41.5 Å². The SMILES string of the molecule is CC(C)(C)OC(=O)N1CC(N[S+]([O-])C(C)(C)C)C1. The summed E-state index contributed by atoms with van der Waals surface area (Å²) in [7, 11) is 0. The molecule has 1 atom stereocenters. The van der Waals surface area contributed by atoms with Crippen LogP contribution >= 0.6 is 0 Å². The van der Waals surface area contributed by atoms with E-state index in [2.05, 4.69) is 4.72 Å². The molecule has 0 spiro atoms. The van der Waals surface area contributed by atoms with Crippen molar-refractivity contribution in [2.24, 2.45) is 0 Å². The zero-order valence-electron chi connectivity index (χ0n) is 12.1. The first-order valence-corrected chi connectivity index (χ1v) is 7.30. The normalized spacial score (nSPS) is 19.4. The Balaban J connectivity index is 2.30. The molecular formula is C12H24N2O3S. The quantitative estimate of drug-likeness (QED) is 0.779. The molecule has 0 saturated carbocycles. The molecule has 6 heteroatoms. The molecule has 1 amide bonds. The third kappa shape index (κ3) is 4.66. The van der Waals surface area contributed by atoms with Crippen molar-refractivity contribution in [3.8, 4) is 0 Å². The summed E-state index contributed by atoms with van der Waals surface area (Å²) in [6, 6.07) is 0.0950. The molecule has 0 bridgehead atoms. The fourth-order valence-electron chi connectivity index (χ4n) is 1.36. The molecule has 106 valence electrons. The Hall–Kier alpha value is -0.460. The second kappa shape index (κ2) is 5.27. The van der Waals surface area contributed by atoms with E-state index in [4.69, 9.17) is 4.74 Å². The lowest BCUT2D eigenvalue weighted by atomic mass is 10.1. The summed E-state index contributed by atoms with van der Waals surface area (Å²) in [5, 5.41) is 0. The molecule has 0 radical (unpaired) electrons. The summed E-state index contributed by atoms with van der Waals surface area (Å²) in [5.41, 5.74) is -0.468. The van der Waals surface area contributed by atoms with Crippen molar-refractivity contribution < 1.29 is 14.1 Å². The minimum Gasteiger partial charge on any atom is -0.598 e. The third-order valence-corrected chi connectivity index (χ3v) is 4.02. The predicted molar refractivity (Wildman–Crippen MR) is 72.6 cm³/mol. The molecule has 18 heavy (non-hydrogen) atoms. The molecule has 1 saturated heterocycles. The first-order chi connectivity index (χ1) is 7.99. The van der Waals surface area contributed by atoms with Crippen LogP contribution in [0.5, 0.6) is 0 Å². The highest BCUT2D eigenvalue weighted by atomic mass is 32.2. The minimum absolute atomic E-state index is 0.0950. The van der Waals surface area contributed by atoms with Gasteiger partial charge in [0.25, 0.3) is 0 Å². The van der Waals surface area contributed by atoms with Crippen molar-refractivity contribution in [3.63, 3.8) is 0 Å². The van der Waals surface area contributed by atoms with Crippen molar-refractivity contribution in [2.75, 3.05) is 13.1 Å². The fourth-order valence-corrected chi connectivity index (χ4v) is 2.16. The summed E-state index contributed by atoms with van der Waals surface area (Å²) in [5.74, 6) is 0. The standard InChI is InChI=1S/C12H24N2O3S/c1-11(2,3)17-10(15)14-7-9(8-14)13-18(16)12(4,5)6/h9,13H,7-8H2,1-6H3. The summed E-state index contributed by atoms with van der Waals surface area (Å²) in [4.78, 5) is 13.3. The van der Waals surface area contributed by atoms with E-state index in [1.165, 1.54) is 0 Å². The van der Waals surface area contributed by atoms with E-state index < -0.39 is 17.0 Å². The van der Waals surface area contributed by atoms with Crippen molar-refractivity contribution in [3.05, 3.63) is 0 Å². The van der Waals surface area contributed by atoms with Gasteiger partial charge in [0, 0.05) is 24.5 Å². The van der Waals surface area contributed by atoms with E-state index in [1.54, 1.807) is 4.90 Å². The molecule has 1 fully saturated rings. The molecule has 5 nitrogen and oxygen atoms in total. The Bertz CT molecular complexity index is 303. The smallest absolute Gasteiger partial charge is 0.410 e. The summed E-state index contributed by atoms with van der Waals surface area (Å²) < 4.78 is 19.8. The van der Waals surface area contributed by atoms with E-state index in [0.717, 1.165) is 0 Å². The molecule has 1 heterocycles. The van der Waals surface area contributed by atoms with Crippen LogP contribution in [0.2, 0.25) is 0 Å². The van der Waals surface area contributed by atoms with Gasteiger partial charge < -0.3 is 14.2 Å². The van der Waals surface area contributed by atoms with Crippen LogP contribution in [0, 0.1) is 0 Å². The van der Waals surface area contributed by atoms with Gasteiger partial charge in [-0.3, -0.25) is 0 Å². The number of hydrogen-bond donors (Lipinski definition) is 1. The molecule has 1 aliphatic rings. The van der Waals surface area contributed by atoms with Gasteiger partial charge in [-0.2, -0.15) is 0 Å². The van der Waals surface area contributed by atoms with Gasteiger partial charge in [0.2, 0.25) is 0 Å². The van der Waals surface area contributed by atoms with Crippen molar-refractivity contribution >= 4 is 17.5 Å². The Kier molecular flexibility index (Phi) is 4.56. The number of amides is 1. The van der Waals surface area contributed by atoms with Gasteiger partial charge in [-0.25, -0.2) is 4.79 Å². The Morgan fingerprint density at radius 1 is 1.28 bits per heavy atom. The maximum absolute atomic E-state index is 11.8. The lowest BCUT2D eigenvalue weighted by Gasteiger charge is -2.40. The van der Waals surface area contributed by atoms with Crippen LogP contribution in [0.15, 0.2) is 0 Å². The molecule has 1 N–H and O–H groups in total. The number of nitrogens with zero attached hydrogens (tertiary/aromatic N) is 1. The van der Waals surface area contributed by atoms with Crippen molar-refractivity contribution in [2.45, 2.75) is 57.9 Å². The zero-order valence-corrected chi connectivity index (χ0v) is 12.9. The van der Waals surface area contributed by atoms with Crippen LogP contribution in [-0.2, 0) is 16.1 Å². The number of nitrogens with one attached hydrogen (secondary N) is 1. The molecule has 0 aromatic carbocycles. The summed E-state index contributed by atoms with van der Waals surface area (Å²) in [6.45, 7) is 12.4.